The van der Waals surface area contributed by atoms with Crippen molar-refractivity contribution >= 4 is 17.5 Å². The van der Waals surface area contributed by atoms with E-state index in [1.807, 2.05) is 24.0 Å². The van der Waals surface area contributed by atoms with Crippen molar-refractivity contribution in [1.29, 1.82) is 0 Å². The molecule has 0 spiro atoms. The van der Waals surface area contributed by atoms with Crippen LogP contribution >= 0.6 is 0 Å². The summed E-state index contributed by atoms with van der Waals surface area (Å²) in [7, 11) is 0. The van der Waals surface area contributed by atoms with Gasteiger partial charge in [0.15, 0.2) is 0 Å². The molecule has 4 heterocycles. The van der Waals surface area contributed by atoms with E-state index in [0.29, 0.717) is 13.2 Å². The van der Waals surface area contributed by atoms with Gasteiger partial charge >= 0.3 is 12.2 Å². The van der Waals surface area contributed by atoms with Gasteiger partial charge in [-0.2, -0.15) is 18.3 Å². The number of ether oxygens (including phenoxy) is 1. The van der Waals surface area contributed by atoms with Crippen molar-refractivity contribution in [2.75, 3.05) is 49.6 Å². The third-order valence-corrected chi connectivity index (χ3v) is 6.31. The van der Waals surface area contributed by atoms with Crippen LogP contribution in [0.1, 0.15) is 31.0 Å². The van der Waals surface area contributed by atoms with Crippen molar-refractivity contribution < 1.29 is 22.7 Å². The smallest absolute Gasteiger partial charge is 0.378 e. The minimum atomic E-state index is -4.00. The van der Waals surface area contributed by atoms with Gasteiger partial charge in [0.25, 0.3) is 0 Å². The number of aromatic amines is 1. The Hall–Kier alpha value is -3.60. The largest absolute Gasteiger partial charge is 0.386 e. The van der Waals surface area contributed by atoms with Gasteiger partial charge in [-0.15, -0.1) is 0 Å². The highest BCUT2D eigenvalue weighted by Gasteiger charge is 2.20. The molecule has 2 aromatic heterocycles. The molecule has 1 aromatic carbocycles. The second-order valence-corrected chi connectivity index (χ2v) is 9.57. The third-order valence-electron chi connectivity index (χ3n) is 6.31. The number of amides is 2. The average Bonchev–Trinajstić information content (AvgIpc) is 3.57. The number of halogens is 3. The molecule has 2 amide bonds. The van der Waals surface area contributed by atoms with Crippen molar-refractivity contribution in [2.24, 2.45) is 0 Å². The highest BCUT2D eigenvalue weighted by molar-refractivity contribution is 5.91. The fraction of sp³-hybridized carbons (Fsp3) is 0.444. The van der Waals surface area contributed by atoms with Crippen LogP contribution in [0.4, 0.5) is 29.5 Å². The lowest BCUT2D eigenvalue weighted by atomic mass is 9.99. The molecule has 0 unspecified atom stereocenters. The quantitative estimate of drug-likeness (QED) is 0.446. The molecule has 0 saturated carbocycles. The zero-order valence-corrected chi connectivity index (χ0v) is 21.9. The number of benzene rings is 1. The summed E-state index contributed by atoms with van der Waals surface area (Å²) in [4.78, 5) is 21.7. The SMILES string of the molecule is CC(F)(F)F.Cc1cc(-c2cc(-c3cc(NC(=O)N4CCCC4)ccc3C)cc(N3CCOCC3)n2)n[nH]1. The van der Waals surface area contributed by atoms with E-state index >= 15 is 0 Å². The Morgan fingerprint density at radius 2 is 1.68 bits per heavy atom. The zero-order valence-electron chi connectivity index (χ0n) is 21.9. The molecular weight excluding hydrogens is 497 g/mol. The molecule has 38 heavy (non-hydrogen) atoms. The fourth-order valence-electron chi connectivity index (χ4n) is 4.44. The molecular formula is C27H33F3N6O2. The van der Waals surface area contributed by atoms with Crippen LogP contribution in [0, 0.1) is 13.8 Å². The highest BCUT2D eigenvalue weighted by atomic mass is 19.4. The van der Waals surface area contributed by atoms with Crippen LogP contribution in [0.15, 0.2) is 36.4 Å². The molecule has 11 heteroatoms. The van der Waals surface area contributed by atoms with Crippen LogP contribution in [-0.4, -0.2) is 71.7 Å². The van der Waals surface area contributed by atoms with Gasteiger partial charge in [0, 0.05) is 44.5 Å². The van der Waals surface area contributed by atoms with E-state index in [2.05, 4.69) is 51.6 Å². The van der Waals surface area contributed by atoms with Gasteiger partial charge in [0.1, 0.15) is 11.5 Å². The Kier molecular flexibility index (Phi) is 8.55. The van der Waals surface area contributed by atoms with Crippen LogP contribution in [0.5, 0.6) is 0 Å². The van der Waals surface area contributed by atoms with Crippen LogP contribution in [0.25, 0.3) is 22.5 Å². The van der Waals surface area contributed by atoms with E-state index in [9.17, 15) is 18.0 Å². The number of hydrogen-bond donors (Lipinski definition) is 2. The number of nitrogens with one attached hydrogen (secondary N) is 2. The van der Waals surface area contributed by atoms with Gasteiger partial charge in [-0.05, 0) is 73.7 Å². The Morgan fingerprint density at radius 1 is 1.00 bits per heavy atom. The van der Waals surface area contributed by atoms with Crippen molar-refractivity contribution in [3.8, 4) is 22.5 Å². The molecule has 0 atom stereocenters. The lowest BCUT2D eigenvalue weighted by Crippen LogP contribution is -2.36. The monoisotopic (exact) mass is 530 g/mol. The lowest BCUT2D eigenvalue weighted by molar-refractivity contribution is -0.110. The Morgan fingerprint density at radius 3 is 2.32 bits per heavy atom. The first-order valence-corrected chi connectivity index (χ1v) is 12.7. The number of anilines is 2. The first-order chi connectivity index (χ1) is 18.1. The summed E-state index contributed by atoms with van der Waals surface area (Å²) < 4.78 is 36.6. The number of morpholine rings is 1. The van der Waals surface area contributed by atoms with E-state index in [4.69, 9.17) is 9.72 Å². The Labute approximate surface area is 220 Å². The molecule has 0 bridgehead atoms. The van der Waals surface area contributed by atoms with Crippen molar-refractivity contribution in [3.05, 3.63) is 47.7 Å². The number of rotatable bonds is 4. The van der Waals surface area contributed by atoms with Crippen LogP contribution in [0.2, 0.25) is 0 Å². The number of carbonyl (C=O) groups excluding carboxylic acids is 1. The summed E-state index contributed by atoms with van der Waals surface area (Å²) in [6.45, 7) is 8.91. The number of pyridine rings is 1. The molecule has 204 valence electrons. The standard InChI is InChI=1S/C25H30N6O2.C2H3F3/c1-17-5-6-20(26-25(32)31-7-3-4-8-31)16-21(17)19-14-22(23-13-18(2)28-29-23)27-24(15-19)30-9-11-33-12-10-30;1-2(3,4)5/h5-6,13-16H,3-4,7-12H2,1-2H3,(H,26,32)(H,28,29);1H3. The number of aryl methyl sites for hydroxylation is 2. The highest BCUT2D eigenvalue weighted by Crippen LogP contribution is 2.33. The lowest BCUT2D eigenvalue weighted by Gasteiger charge is -2.28. The second-order valence-electron chi connectivity index (χ2n) is 9.57. The maximum atomic E-state index is 12.6. The maximum Gasteiger partial charge on any atom is 0.386 e. The molecule has 2 fully saturated rings. The van der Waals surface area contributed by atoms with Gasteiger partial charge in [-0.25, -0.2) is 9.78 Å². The molecule has 8 nitrogen and oxygen atoms in total. The molecule has 0 radical (unpaired) electrons. The first-order valence-electron chi connectivity index (χ1n) is 12.7. The van der Waals surface area contributed by atoms with Crippen LogP contribution < -0.4 is 10.2 Å². The number of hydrogen-bond acceptors (Lipinski definition) is 5. The Balaban J connectivity index is 0.000000617. The number of aromatic nitrogens is 3. The van der Waals surface area contributed by atoms with E-state index in [1.165, 1.54) is 0 Å². The molecule has 5 rings (SSSR count). The molecule has 2 saturated heterocycles. The van der Waals surface area contributed by atoms with Crippen LogP contribution in [-0.2, 0) is 4.74 Å². The van der Waals surface area contributed by atoms with Gasteiger partial charge in [-0.3, -0.25) is 5.10 Å². The van der Waals surface area contributed by atoms with Gasteiger partial charge in [0.05, 0.1) is 18.9 Å². The number of urea groups is 1. The Bertz CT molecular complexity index is 1240. The number of carbonyl (C=O) groups is 1. The summed E-state index contributed by atoms with van der Waals surface area (Å²) in [6, 6.07) is 12.3. The summed E-state index contributed by atoms with van der Waals surface area (Å²) in [6.07, 6.45) is -1.85. The molecule has 0 aliphatic carbocycles. The summed E-state index contributed by atoms with van der Waals surface area (Å²) in [5, 5.41) is 10.5. The van der Waals surface area contributed by atoms with E-state index in [0.717, 1.165) is 84.3 Å². The normalized spacial score (nSPS) is 15.7. The minimum Gasteiger partial charge on any atom is -0.378 e. The van der Waals surface area contributed by atoms with Crippen molar-refractivity contribution in [3.63, 3.8) is 0 Å². The molecule has 2 N–H and O–H groups in total. The maximum absolute atomic E-state index is 12.6. The fourth-order valence-corrected chi connectivity index (χ4v) is 4.44. The third kappa shape index (κ3) is 7.47. The minimum absolute atomic E-state index is 0.0290. The van der Waals surface area contributed by atoms with Crippen molar-refractivity contribution in [2.45, 2.75) is 39.8 Å². The summed E-state index contributed by atoms with van der Waals surface area (Å²) in [5.74, 6) is 0.914. The second kappa shape index (κ2) is 11.8. The van der Waals surface area contributed by atoms with Gasteiger partial charge in [-0.1, -0.05) is 6.07 Å². The predicted molar refractivity (Wildman–Crippen MR) is 141 cm³/mol. The van der Waals surface area contributed by atoms with E-state index < -0.39 is 6.18 Å². The molecule has 3 aromatic rings. The topological polar surface area (TPSA) is 86.4 Å². The van der Waals surface area contributed by atoms with E-state index in [-0.39, 0.29) is 13.0 Å². The predicted octanol–water partition coefficient (Wildman–Crippen LogP) is 5.79. The number of likely N-dealkylation sites (tertiary alicyclic amines) is 1. The summed E-state index contributed by atoms with van der Waals surface area (Å²) >= 11 is 0. The summed E-state index contributed by atoms with van der Waals surface area (Å²) in [5.41, 5.74) is 6.69. The molecule has 2 aliphatic heterocycles. The molecule has 2 aliphatic rings. The van der Waals surface area contributed by atoms with Crippen LogP contribution in [0.3, 0.4) is 0 Å². The van der Waals surface area contributed by atoms with E-state index in [1.54, 1.807) is 0 Å². The van der Waals surface area contributed by atoms with Gasteiger partial charge < -0.3 is 19.9 Å². The van der Waals surface area contributed by atoms with Gasteiger partial charge in [0.2, 0.25) is 0 Å². The zero-order chi connectivity index (χ0) is 27.3. The average molecular weight is 531 g/mol. The number of alkyl halides is 3. The number of H-pyrrole nitrogens is 1. The first kappa shape index (κ1) is 27.4. The number of nitrogens with zero attached hydrogens (tertiary/aromatic N) is 4. The van der Waals surface area contributed by atoms with Crippen molar-refractivity contribution in [1.82, 2.24) is 20.1 Å².